The fourth-order valence-corrected chi connectivity index (χ4v) is 2.00. The number of hydrogen-bond acceptors (Lipinski definition) is 4. The SMILES string of the molecule is COCCN(CCC#N)CCCC(=O)c1ccccc1. The zero-order valence-corrected chi connectivity index (χ0v) is 12.0. The van der Waals surface area contributed by atoms with Gasteiger partial charge in [-0.05, 0) is 13.0 Å². The lowest BCUT2D eigenvalue weighted by Gasteiger charge is -2.20. The van der Waals surface area contributed by atoms with Crippen LogP contribution < -0.4 is 0 Å². The van der Waals surface area contributed by atoms with Crippen LogP contribution in [0, 0.1) is 11.3 Å². The Bertz CT molecular complexity index is 426. The van der Waals surface area contributed by atoms with E-state index in [0.29, 0.717) is 19.4 Å². The fourth-order valence-electron chi connectivity index (χ4n) is 2.00. The molecule has 0 unspecified atom stereocenters. The van der Waals surface area contributed by atoms with Crippen LogP contribution >= 0.6 is 0 Å². The van der Waals surface area contributed by atoms with E-state index in [4.69, 9.17) is 10.00 Å². The predicted molar refractivity (Wildman–Crippen MR) is 78.6 cm³/mol. The van der Waals surface area contributed by atoms with Crippen molar-refractivity contribution < 1.29 is 9.53 Å². The molecule has 4 nitrogen and oxygen atoms in total. The van der Waals surface area contributed by atoms with Crippen molar-refractivity contribution in [2.24, 2.45) is 0 Å². The molecule has 0 aromatic heterocycles. The number of carbonyl (C=O) groups excluding carboxylic acids is 1. The van der Waals surface area contributed by atoms with Gasteiger partial charge in [-0.2, -0.15) is 5.26 Å². The third kappa shape index (κ3) is 6.46. The molecule has 1 aromatic rings. The zero-order chi connectivity index (χ0) is 14.6. The zero-order valence-electron chi connectivity index (χ0n) is 12.0. The Hall–Kier alpha value is -1.70. The molecular formula is C16H22N2O2. The fraction of sp³-hybridized carbons (Fsp3) is 0.500. The number of ketones is 1. The first kappa shape index (κ1) is 16.4. The quantitative estimate of drug-likeness (QED) is 0.615. The van der Waals surface area contributed by atoms with Gasteiger partial charge in [0.1, 0.15) is 0 Å². The summed E-state index contributed by atoms with van der Waals surface area (Å²) in [6, 6.07) is 11.5. The maximum Gasteiger partial charge on any atom is 0.162 e. The van der Waals surface area contributed by atoms with Crippen LogP contribution in [0.2, 0.25) is 0 Å². The minimum atomic E-state index is 0.178. The summed E-state index contributed by atoms with van der Waals surface area (Å²) in [6.07, 6.45) is 1.86. The highest BCUT2D eigenvalue weighted by atomic mass is 16.5. The molecule has 0 atom stereocenters. The lowest BCUT2D eigenvalue weighted by molar-refractivity contribution is 0.0970. The van der Waals surface area contributed by atoms with Crippen molar-refractivity contribution in [2.45, 2.75) is 19.3 Å². The lowest BCUT2D eigenvalue weighted by Crippen LogP contribution is -2.29. The van der Waals surface area contributed by atoms with Gasteiger partial charge in [0.25, 0.3) is 0 Å². The van der Waals surface area contributed by atoms with Crippen molar-refractivity contribution in [3.8, 4) is 6.07 Å². The molecule has 0 spiro atoms. The lowest BCUT2D eigenvalue weighted by atomic mass is 10.1. The Morgan fingerprint density at radius 2 is 2.00 bits per heavy atom. The highest BCUT2D eigenvalue weighted by Crippen LogP contribution is 2.06. The van der Waals surface area contributed by atoms with Gasteiger partial charge in [-0.1, -0.05) is 30.3 Å². The van der Waals surface area contributed by atoms with Gasteiger partial charge >= 0.3 is 0 Å². The Labute approximate surface area is 121 Å². The molecule has 4 heteroatoms. The van der Waals surface area contributed by atoms with Crippen LogP contribution in [-0.2, 0) is 4.74 Å². The number of benzene rings is 1. The molecule has 0 bridgehead atoms. The summed E-state index contributed by atoms with van der Waals surface area (Å²) < 4.78 is 5.06. The van der Waals surface area contributed by atoms with Crippen LogP contribution in [-0.4, -0.2) is 44.0 Å². The van der Waals surface area contributed by atoms with Crippen LogP contribution in [0.1, 0.15) is 29.6 Å². The first-order chi connectivity index (χ1) is 9.77. The van der Waals surface area contributed by atoms with Gasteiger partial charge in [-0.3, -0.25) is 4.79 Å². The number of carbonyl (C=O) groups is 1. The number of ether oxygens (including phenoxy) is 1. The van der Waals surface area contributed by atoms with Gasteiger partial charge in [-0.25, -0.2) is 0 Å². The van der Waals surface area contributed by atoms with E-state index in [2.05, 4.69) is 11.0 Å². The summed E-state index contributed by atoms with van der Waals surface area (Å²) >= 11 is 0. The normalized spacial score (nSPS) is 10.4. The van der Waals surface area contributed by atoms with Crippen molar-refractivity contribution in [3.63, 3.8) is 0 Å². The summed E-state index contributed by atoms with van der Waals surface area (Å²) in [5.74, 6) is 0.178. The van der Waals surface area contributed by atoms with Gasteiger partial charge in [0.05, 0.1) is 12.7 Å². The number of hydrogen-bond donors (Lipinski definition) is 0. The van der Waals surface area contributed by atoms with Gasteiger partial charge in [0.2, 0.25) is 0 Å². The summed E-state index contributed by atoms with van der Waals surface area (Å²) in [6.45, 7) is 3.01. The molecule has 0 saturated carbocycles. The smallest absolute Gasteiger partial charge is 0.162 e. The molecule has 20 heavy (non-hydrogen) atoms. The van der Waals surface area contributed by atoms with Crippen LogP contribution in [0.25, 0.3) is 0 Å². The molecule has 0 aliphatic carbocycles. The number of rotatable bonds is 10. The molecule has 0 aliphatic heterocycles. The summed E-state index contributed by atoms with van der Waals surface area (Å²) in [4.78, 5) is 14.1. The second-order valence-electron chi connectivity index (χ2n) is 4.64. The topological polar surface area (TPSA) is 53.3 Å². The van der Waals surface area contributed by atoms with Crippen molar-refractivity contribution in [1.29, 1.82) is 5.26 Å². The van der Waals surface area contributed by atoms with E-state index in [1.165, 1.54) is 0 Å². The predicted octanol–water partition coefficient (Wildman–Crippen LogP) is 2.51. The second-order valence-corrected chi connectivity index (χ2v) is 4.64. The van der Waals surface area contributed by atoms with E-state index in [0.717, 1.165) is 31.6 Å². The number of Topliss-reactive ketones (excluding diaryl/α,β-unsaturated/α-hetero) is 1. The Balaban J connectivity index is 2.32. The highest BCUT2D eigenvalue weighted by molar-refractivity contribution is 5.95. The summed E-state index contributed by atoms with van der Waals surface area (Å²) in [5, 5.41) is 8.64. The maximum absolute atomic E-state index is 12.0. The second kappa shape index (κ2) is 10.1. The average molecular weight is 274 g/mol. The van der Waals surface area contributed by atoms with E-state index in [1.807, 2.05) is 30.3 Å². The van der Waals surface area contributed by atoms with Crippen molar-refractivity contribution in [2.75, 3.05) is 33.4 Å². The standard InChI is InChI=1S/C16H22N2O2/c1-20-14-13-18(12-6-10-17)11-5-9-16(19)15-7-3-2-4-8-15/h2-4,7-8H,5-6,9,11-14H2,1H3. The molecule has 0 N–H and O–H groups in total. The van der Waals surface area contributed by atoms with Gasteiger partial charge < -0.3 is 9.64 Å². The van der Waals surface area contributed by atoms with Crippen LogP contribution in [0.15, 0.2) is 30.3 Å². The van der Waals surface area contributed by atoms with Gasteiger partial charge in [-0.15, -0.1) is 0 Å². The third-order valence-electron chi connectivity index (χ3n) is 3.13. The number of methoxy groups -OCH3 is 1. The molecule has 1 aromatic carbocycles. The van der Waals surface area contributed by atoms with Crippen LogP contribution in [0.3, 0.4) is 0 Å². The number of nitrogens with zero attached hydrogens (tertiary/aromatic N) is 2. The molecule has 0 fully saturated rings. The largest absolute Gasteiger partial charge is 0.383 e. The third-order valence-corrected chi connectivity index (χ3v) is 3.13. The highest BCUT2D eigenvalue weighted by Gasteiger charge is 2.08. The van der Waals surface area contributed by atoms with E-state index >= 15 is 0 Å². The van der Waals surface area contributed by atoms with Crippen LogP contribution in [0.4, 0.5) is 0 Å². The molecule has 0 aliphatic rings. The Kier molecular flexibility index (Phi) is 8.28. The molecule has 108 valence electrons. The van der Waals surface area contributed by atoms with E-state index in [-0.39, 0.29) is 5.78 Å². The first-order valence-electron chi connectivity index (χ1n) is 6.94. The monoisotopic (exact) mass is 274 g/mol. The summed E-state index contributed by atoms with van der Waals surface area (Å²) in [5.41, 5.74) is 0.771. The van der Waals surface area contributed by atoms with Crippen molar-refractivity contribution in [1.82, 2.24) is 4.90 Å². The molecular weight excluding hydrogens is 252 g/mol. The van der Waals surface area contributed by atoms with Gasteiger partial charge in [0.15, 0.2) is 5.78 Å². The first-order valence-corrected chi connectivity index (χ1v) is 6.94. The van der Waals surface area contributed by atoms with Crippen molar-refractivity contribution >= 4 is 5.78 Å². The molecule has 0 saturated heterocycles. The summed E-state index contributed by atoms with van der Waals surface area (Å²) in [7, 11) is 1.67. The number of nitriles is 1. The van der Waals surface area contributed by atoms with Crippen molar-refractivity contribution in [3.05, 3.63) is 35.9 Å². The van der Waals surface area contributed by atoms with Gasteiger partial charge in [0, 0.05) is 38.6 Å². The van der Waals surface area contributed by atoms with Crippen LogP contribution in [0.5, 0.6) is 0 Å². The Morgan fingerprint density at radius 1 is 1.25 bits per heavy atom. The minimum Gasteiger partial charge on any atom is -0.383 e. The molecule has 0 heterocycles. The minimum absolute atomic E-state index is 0.178. The molecule has 0 radical (unpaired) electrons. The maximum atomic E-state index is 12.0. The average Bonchev–Trinajstić information content (AvgIpc) is 2.50. The molecule has 0 amide bonds. The van der Waals surface area contributed by atoms with E-state index in [1.54, 1.807) is 7.11 Å². The Morgan fingerprint density at radius 3 is 2.65 bits per heavy atom. The van der Waals surface area contributed by atoms with E-state index in [9.17, 15) is 4.79 Å². The molecule has 1 rings (SSSR count). The van der Waals surface area contributed by atoms with E-state index < -0.39 is 0 Å².